The van der Waals surface area contributed by atoms with Gasteiger partial charge in [-0.1, -0.05) is 148 Å². The molecule has 1 unspecified atom stereocenters. The highest BCUT2D eigenvalue weighted by Gasteiger charge is 2.51. The van der Waals surface area contributed by atoms with Crippen molar-refractivity contribution in [2.24, 2.45) is 0 Å². The van der Waals surface area contributed by atoms with Crippen LogP contribution in [0.3, 0.4) is 0 Å². The molecule has 0 aromatic heterocycles. The van der Waals surface area contributed by atoms with Crippen LogP contribution in [0.1, 0.15) is 207 Å². The molecule has 330 valence electrons. The van der Waals surface area contributed by atoms with Gasteiger partial charge in [-0.2, -0.15) is 0 Å². The summed E-state index contributed by atoms with van der Waals surface area (Å²) in [6.45, 7) is 5.59. The van der Waals surface area contributed by atoms with Gasteiger partial charge in [0.25, 0.3) is 7.82 Å². The molecule has 10 heteroatoms. The second-order valence-electron chi connectivity index (χ2n) is 17.1. The van der Waals surface area contributed by atoms with E-state index in [1.165, 1.54) is 77.0 Å². The van der Waals surface area contributed by atoms with E-state index in [-0.39, 0.29) is 12.8 Å². The smallest absolute Gasteiger partial charge is 0.268 e. The summed E-state index contributed by atoms with van der Waals surface area (Å²) in [5, 5.41) is 22.1. The monoisotopic (exact) mass is 814 g/mol. The van der Waals surface area contributed by atoms with E-state index < -0.39 is 43.8 Å². The van der Waals surface area contributed by atoms with E-state index in [2.05, 4.69) is 38.2 Å². The van der Waals surface area contributed by atoms with Crippen molar-refractivity contribution in [2.75, 3.05) is 34.3 Å². The van der Waals surface area contributed by atoms with Crippen molar-refractivity contribution in [3.8, 4) is 0 Å². The third kappa shape index (κ3) is 29.1. The van der Waals surface area contributed by atoms with Crippen molar-refractivity contribution in [3.63, 3.8) is 0 Å². The number of rotatable bonds is 41. The summed E-state index contributed by atoms with van der Waals surface area (Å²) in [5.74, 6) is -1.63. The Labute approximate surface area is 344 Å². The average molecular weight is 814 g/mol. The Morgan fingerprint density at radius 3 is 1.27 bits per heavy atom. The van der Waals surface area contributed by atoms with E-state index >= 15 is 0 Å². The van der Waals surface area contributed by atoms with Gasteiger partial charge in [-0.25, -0.2) is 0 Å². The molecule has 0 bridgehead atoms. The maximum Gasteiger partial charge on any atom is 0.268 e. The zero-order chi connectivity index (χ0) is 42.0. The first-order chi connectivity index (χ1) is 26.8. The van der Waals surface area contributed by atoms with E-state index in [0.29, 0.717) is 30.3 Å². The van der Waals surface area contributed by atoms with Gasteiger partial charge in [0, 0.05) is 12.8 Å². The van der Waals surface area contributed by atoms with Gasteiger partial charge >= 0.3 is 0 Å². The Morgan fingerprint density at radius 2 is 0.946 bits per heavy atom. The van der Waals surface area contributed by atoms with Gasteiger partial charge in [-0.3, -0.25) is 14.2 Å². The van der Waals surface area contributed by atoms with Gasteiger partial charge in [0.2, 0.25) is 5.60 Å². The Kier molecular flexibility index (Phi) is 33.9. The Bertz CT molecular complexity index is 1020. The molecule has 0 amide bonds. The molecule has 0 aromatic rings. The number of ketones is 2. The molecule has 0 rings (SSSR count). The highest BCUT2D eigenvalue weighted by atomic mass is 31.2. The van der Waals surface area contributed by atoms with Crippen LogP contribution in [0.25, 0.3) is 0 Å². The van der Waals surface area contributed by atoms with Crippen LogP contribution < -0.4 is 4.89 Å². The van der Waals surface area contributed by atoms with E-state index in [0.717, 1.165) is 77.0 Å². The molecule has 0 aromatic carbocycles. The van der Waals surface area contributed by atoms with Crippen molar-refractivity contribution in [2.45, 2.75) is 225 Å². The minimum absolute atomic E-state index is 0.115. The van der Waals surface area contributed by atoms with Crippen LogP contribution in [0.4, 0.5) is 0 Å². The summed E-state index contributed by atoms with van der Waals surface area (Å²) in [7, 11) is 0.585. The number of quaternary nitrogens is 1. The SMILES string of the molecule is CCCCCCCC/C=C\CCCCCCCC(=O)C(O)(C(=O)CCCCCCC/C=C\CCCCCCCC)[C@H](CO)OP(=O)([O-])O[C@@H](CC)C[N+](C)(C)C. The lowest BCUT2D eigenvalue weighted by Gasteiger charge is -2.38. The van der Waals surface area contributed by atoms with E-state index in [9.17, 15) is 29.3 Å². The maximum absolute atomic E-state index is 13.6. The molecule has 2 N–H and O–H groups in total. The van der Waals surface area contributed by atoms with Gasteiger partial charge < -0.3 is 28.6 Å². The number of allylic oxidation sites excluding steroid dienone is 4. The first-order valence-electron chi connectivity index (χ1n) is 22.9. The number of likely N-dealkylation sites (N-methyl/N-ethyl adjacent to an activating group) is 1. The summed E-state index contributed by atoms with van der Waals surface area (Å²) in [6, 6.07) is 0. The minimum atomic E-state index is -5.12. The lowest BCUT2D eigenvalue weighted by molar-refractivity contribution is -0.873. The molecular formula is C46H88NO8P. The highest BCUT2D eigenvalue weighted by molar-refractivity contribution is 7.45. The quantitative estimate of drug-likeness (QED) is 0.0205. The molecule has 56 heavy (non-hydrogen) atoms. The Hall–Kier alpha value is -1.19. The zero-order valence-electron chi connectivity index (χ0n) is 37.1. The average Bonchev–Trinajstić information content (AvgIpc) is 3.15. The second kappa shape index (κ2) is 34.7. The number of phosphoric ester groups is 1. The molecule has 0 spiro atoms. The normalized spacial score (nSPS) is 14.8. The van der Waals surface area contributed by atoms with E-state index in [1.54, 1.807) is 6.92 Å². The van der Waals surface area contributed by atoms with Crippen LogP contribution >= 0.6 is 7.82 Å². The van der Waals surface area contributed by atoms with Gasteiger partial charge in [-0.15, -0.1) is 0 Å². The number of aliphatic hydroxyl groups is 2. The number of phosphoric acid groups is 1. The van der Waals surface area contributed by atoms with Crippen molar-refractivity contribution in [1.82, 2.24) is 0 Å². The van der Waals surface area contributed by atoms with E-state index in [1.807, 2.05) is 21.1 Å². The van der Waals surface area contributed by atoms with Crippen LogP contribution in [0.15, 0.2) is 24.3 Å². The maximum atomic E-state index is 13.6. The molecule has 0 radical (unpaired) electrons. The molecule has 0 aliphatic rings. The van der Waals surface area contributed by atoms with Crippen molar-refractivity contribution in [1.29, 1.82) is 0 Å². The number of nitrogens with zero attached hydrogens (tertiary/aromatic N) is 1. The number of hydrogen-bond acceptors (Lipinski definition) is 8. The van der Waals surface area contributed by atoms with Crippen molar-refractivity contribution < 1.29 is 42.8 Å². The molecule has 0 aliphatic carbocycles. The van der Waals surface area contributed by atoms with Gasteiger partial charge in [0.15, 0.2) is 11.6 Å². The minimum Gasteiger partial charge on any atom is -0.756 e. The van der Waals surface area contributed by atoms with Crippen LogP contribution in [0.2, 0.25) is 0 Å². The number of Topliss-reactive ketones (excluding diaryl/α,β-unsaturated/α-hetero) is 2. The molecular weight excluding hydrogens is 725 g/mol. The Morgan fingerprint density at radius 1 is 0.607 bits per heavy atom. The molecule has 0 saturated carbocycles. The number of aliphatic hydroxyl groups excluding tert-OH is 1. The summed E-state index contributed by atoms with van der Waals surface area (Å²) >= 11 is 0. The van der Waals surface area contributed by atoms with Gasteiger partial charge in [-0.05, 0) is 70.6 Å². The van der Waals surface area contributed by atoms with Crippen LogP contribution in [-0.2, 0) is 23.2 Å². The lowest BCUT2D eigenvalue weighted by Crippen LogP contribution is -2.58. The zero-order valence-corrected chi connectivity index (χ0v) is 38.0. The van der Waals surface area contributed by atoms with Crippen molar-refractivity contribution in [3.05, 3.63) is 24.3 Å². The van der Waals surface area contributed by atoms with Crippen LogP contribution in [-0.4, -0.2) is 78.4 Å². The third-order valence-corrected chi connectivity index (χ3v) is 11.6. The lowest BCUT2D eigenvalue weighted by atomic mass is 9.82. The Balaban J connectivity index is 5.09. The fourth-order valence-corrected chi connectivity index (χ4v) is 8.22. The number of unbranched alkanes of at least 4 members (excludes halogenated alkanes) is 22. The first kappa shape index (κ1) is 54.8. The van der Waals surface area contributed by atoms with Gasteiger partial charge in [0.05, 0.1) is 27.7 Å². The summed E-state index contributed by atoms with van der Waals surface area (Å²) in [4.78, 5) is 40.4. The largest absolute Gasteiger partial charge is 0.756 e. The van der Waals surface area contributed by atoms with Crippen molar-refractivity contribution >= 4 is 19.4 Å². The predicted molar refractivity (Wildman–Crippen MR) is 231 cm³/mol. The van der Waals surface area contributed by atoms with E-state index in [4.69, 9.17) is 9.05 Å². The van der Waals surface area contributed by atoms with Crippen LogP contribution in [0.5, 0.6) is 0 Å². The fraction of sp³-hybridized carbons (Fsp3) is 0.870. The first-order valence-corrected chi connectivity index (χ1v) is 24.4. The summed E-state index contributed by atoms with van der Waals surface area (Å²) < 4.78 is 24.1. The molecule has 3 atom stereocenters. The molecule has 0 heterocycles. The van der Waals surface area contributed by atoms with Crippen LogP contribution in [0, 0.1) is 0 Å². The molecule has 0 aliphatic heterocycles. The predicted octanol–water partition coefficient (Wildman–Crippen LogP) is 11.3. The number of hydrogen-bond donors (Lipinski definition) is 2. The summed E-state index contributed by atoms with van der Waals surface area (Å²) in [5.41, 5.74) is -2.79. The third-order valence-electron chi connectivity index (χ3n) is 10.6. The number of carbonyl (C=O) groups is 2. The summed E-state index contributed by atoms with van der Waals surface area (Å²) in [6.07, 6.45) is 34.8. The second-order valence-corrected chi connectivity index (χ2v) is 18.4. The standard InChI is InChI=1S/C46H88NO8P/c1-7-10-12-14-16-18-20-22-24-26-28-30-32-34-36-38-43(49)46(51,45(41-48)55-56(52,53)54-42(9-3)40-47(4,5)6)44(50)39-37-35-33-31-29-27-25-23-21-19-17-15-13-11-8-2/h22-25,42,45,48,51H,7-21,26-41H2,1-6H3/b24-22-,25-23-/t42-,45-/m0/s1. The highest BCUT2D eigenvalue weighted by Crippen LogP contribution is 2.44. The van der Waals surface area contributed by atoms with Gasteiger partial charge in [0.1, 0.15) is 18.8 Å². The molecule has 0 saturated heterocycles. The topological polar surface area (TPSA) is 133 Å². The molecule has 9 nitrogen and oxygen atoms in total. The fourth-order valence-electron chi connectivity index (χ4n) is 7.06. The number of carbonyl (C=O) groups excluding carboxylic acids is 2. The molecule has 0 fully saturated rings.